The number of carbonyl (C=O) groups excluding carboxylic acids is 1. The van der Waals surface area contributed by atoms with E-state index in [4.69, 9.17) is 11.6 Å². The zero-order valence-electron chi connectivity index (χ0n) is 9.69. The summed E-state index contributed by atoms with van der Waals surface area (Å²) in [5.41, 5.74) is 0.412. The second-order valence-electron chi connectivity index (χ2n) is 3.27. The molecule has 0 fully saturated rings. The van der Waals surface area contributed by atoms with E-state index in [0.29, 0.717) is 5.75 Å². The van der Waals surface area contributed by atoms with Crippen molar-refractivity contribution in [1.29, 1.82) is 0 Å². The van der Waals surface area contributed by atoms with Gasteiger partial charge in [-0.1, -0.05) is 35.2 Å². The highest BCUT2D eigenvalue weighted by Crippen LogP contribution is 2.22. The van der Waals surface area contributed by atoms with Crippen LogP contribution in [0.5, 0.6) is 0 Å². The van der Waals surface area contributed by atoms with E-state index in [-0.39, 0.29) is 27.2 Å². The zero-order valence-corrected chi connectivity index (χ0v) is 11.3. The minimum absolute atomic E-state index is 0.0385. The Labute approximate surface area is 113 Å². The average Bonchev–Trinajstić information content (AvgIpc) is 2.25. The number of thioether (sulfide) groups is 1. The van der Waals surface area contributed by atoms with E-state index in [1.807, 2.05) is 0 Å². The van der Waals surface area contributed by atoms with E-state index in [2.05, 4.69) is 16.8 Å². The highest BCUT2D eigenvalue weighted by atomic mass is 35.5. The van der Waals surface area contributed by atoms with Crippen LogP contribution in [0, 0.1) is 28.9 Å². The van der Waals surface area contributed by atoms with Gasteiger partial charge in [0.15, 0.2) is 5.12 Å². The molecule has 0 spiro atoms. The number of nitrogens with zero attached hydrogens (tertiary/aromatic N) is 2. The summed E-state index contributed by atoms with van der Waals surface area (Å²) in [7, 11) is 0. The van der Waals surface area contributed by atoms with Gasteiger partial charge in [-0.15, -0.1) is 0 Å². The van der Waals surface area contributed by atoms with E-state index in [1.54, 1.807) is 0 Å². The molecule has 18 heavy (non-hydrogen) atoms. The van der Waals surface area contributed by atoms with Crippen molar-refractivity contribution >= 4 is 34.2 Å². The molecule has 0 saturated carbocycles. The van der Waals surface area contributed by atoms with Crippen LogP contribution < -0.4 is 0 Å². The molecular weight excluding hydrogens is 276 g/mol. The molecule has 1 heterocycles. The van der Waals surface area contributed by atoms with Crippen molar-refractivity contribution in [2.75, 3.05) is 5.75 Å². The summed E-state index contributed by atoms with van der Waals surface area (Å²) >= 11 is 6.90. The van der Waals surface area contributed by atoms with Gasteiger partial charge in [0, 0.05) is 13.0 Å². The second-order valence-corrected chi connectivity index (χ2v) is 4.78. The van der Waals surface area contributed by atoms with Crippen LogP contribution in [-0.2, 0) is 4.79 Å². The molecular formula is C11H9ClN2O3S. The van der Waals surface area contributed by atoms with Crippen LogP contribution in [0.2, 0.25) is 5.15 Å². The summed E-state index contributed by atoms with van der Waals surface area (Å²) in [5.74, 6) is 5.69. The molecule has 94 valence electrons. The Morgan fingerprint density at radius 3 is 2.89 bits per heavy atom. The number of aromatic nitrogens is 1. The number of halogens is 1. The van der Waals surface area contributed by atoms with Crippen molar-refractivity contribution in [2.45, 2.75) is 13.8 Å². The van der Waals surface area contributed by atoms with Crippen LogP contribution in [0.15, 0.2) is 6.07 Å². The Hall–Kier alpha value is -1.58. The minimum Gasteiger partial charge on any atom is -0.288 e. The normalized spacial score (nSPS) is 9.50. The van der Waals surface area contributed by atoms with Gasteiger partial charge in [-0.25, -0.2) is 4.98 Å². The minimum atomic E-state index is -0.534. The Kier molecular flexibility index (Phi) is 5.13. The van der Waals surface area contributed by atoms with E-state index >= 15 is 0 Å². The Morgan fingerprint density at radius 1 is 1.67 bits per heavy atom. The van der Waals surface area contributed by atoms with Gasteiger partial charge in [-0.3, -0.25) is 14.9 Å². The van der Waals surface area contributed by atoms with Gasteiger partial charge in [-0.2, -0.15) is 0 Å². The number of hydrogen-bond donors (Lipinski definition) is 0. The van der Waals surface area contributed by atoms with Crippen molar-refractivity contribution in [1.82, 2.24) is 4.98 Å². The fraction of sp³-hybridized carbons (Fsp3) is 0.273. The summed E-state index contributed by atoms with van der Waals surface area (Å²) in [6.45, 7) is 2.95. The number of nitro groups is 1. The van der Waals surface area contributed by atoms with Crippen LogP contribution in [0.3, 0.4) is 0 Å². The molecule has 0 aliphatic rings. The molecule has 0 unspecified atom stereocenters. The van der Waals surface area contributed by atoms with E-state index < -0.39 is 4.92 Å². The predicted molar refractivity (Wildman–Crippen MR) is 70.7 cm³/mol. The van der Waals surface area contributed by atoms with Crippen LogP contribution in [0.1, 0.15) is 18.2 Å². The van der Waals surface area contributed by atoms with Crippen LogP contribution in [0.25, 0.3) is 0 Å². The molecule has 0 radical (unpaired) electrons. The summed E-state index contributed by atoms with van der Waals surface area (Å²) in [5, 5.41) is 10.8. The summed E-state index contributed by atoms with van der Waals surface area (Å²) in [6, 6.07) is 1.29. The molecule has 1 aromatic heterocycles. The first-order valence-electron chi connectivity index (χ1n) is 4.85. The molecule has 5 nitrogen and oxygen atoms in total. The topological polar surface area (TPSA) is 73.1 Å². The Morgan fingerprint density at radius 2 is 2.33 bits per heavy atom. The number of pyridine rings is 1. The van der Waals surface area contributed by atoms with Crippen molar-refractivity contribution in [2.24, 2.45) is 0 Å². The molecule has 7 heteroatoms. The third kappa shape index (κ3) is 4.02. The molecule has 0 saturated heterocycles. The second kappa shape index (κ2) is 6.38. The van der Waals surface area contributed by atoms with Gasteiger partial charge in [0.1, 0.15) is 10.8 Å². The number of carbonyl (C=O) groups is 1. The quantitative estimate of drug-likeness (QED) is 0.361. The number of hydrogen-bond acceptors (Lipinski definition) is 5. The van der Waals surface area contributed by atoms with E-state index in [1.165, 1.54) is 19.9 Å². The fourth-order valence-corrected chi connectivity index (χ4v) is 1.68. The lowest BCUT2D eigenvalue weighted by Crippen LogP contribution is -1.96. The number of rotatable bonds is 2. The van der Waals surface area contributed by atoms with Gasteiger partial charge in [-0.05, 0) is 6.92 Å². The zero-order chi connectivity index (χ0) is 13.7. The van der Waals surface area contributed by atoms with Crippen molar-refractivity contribution in [3.05, 3.63) is 32.6 Å². The van der Waals surface area contributed by atoms with Gasteiger partial charge in [0.2, 0.25) is 0 Å². The smallest absolute Gasteiger partial charge is 0.288 e. The van der Waals surface area contributed by atoms with E-state index in [9.17, 15) is 14.9 Å². The predicted octanol–water partition coefficient (Wildman–Crippen LogP) is 2.58. The third-order valence-corrected chi connectivity index (χ3v) is 2.89. The monoisotopic (exact) mass is 284 g/mol. The van der Waals surface area contributed by atoms with E-state index in [0.717, 1.165) is 11.8 Å². The lowest BCUT2D eigenvalue weighted by atomic mass is 10.2. The van der Waals surface area contributed by atoms with Crippen LogP contribution >= 0.6 is 23.4 Å². The third-order valence-electron chi connectivity index (χ3n) is 1.91. The molecule has 0 bridgehead atoms. The molecule has 0 aliphatic carbocycles. The highest BCUT2D eigenvalue weighted by Gasteiger charge is 2.14. The summed E-state index contributed by atoms with van der Waals surface area (Å²) in [4.78, 5) is 24.7. The van der Waals surface area contributed by atoms with Gasteiger partial charge < -0.3 is 0 Å². The van der Waals surface area contributed by atoms with Gasteiger partial charge in [0.05, 0.1) is 16.2 Å². The van der Waals surface area contributed by atoms with Crippen molar-refractivity contribution in [3.8, 4) is 11.8 Å². The molecule has 1 aromatic rings. The summed E-state index contributed by atoms with van der Waals surface area (Å²) in [6.07, 6.45) is 0. The number of aryl methyl sites for hydroxylation is 1. The molecule has 0 N–H and O–H groups in total. The first-order valence-corrected chi connectivity index (χ1v) is 6.22. The summed E-state index contributed by atoms with van der Waals surface area (Å²) < 4.78 is 0. The van der Waals surface area contributed by atoms with Crippen LogP contribution in [0.4, 0.5) is 5.69 Å². The molecule has 0 atom stereocenters. The molecule has 0 aliphatic heterocycles. The fourth-order valence-electron chi connectivity index (χ4n) is 1.11. The Bertz CT molecular complexity index is 563. The molecule has 1 rings (SSSR count). The molecule has 0 aromatic carbocycles. The Balaban J connectivity index is 2.98. The maximum absolute atomic E-state index is 10.7. The maximum atomic E-state index is 10.7. The standard InChI is InChI=1S/C11H9ClN2O3S/c1-7-10(14(16)17)6-9(11(12)13-7)4-3-5-18-8(2)15/h6H,5H2,1-2H3. The van der Waals surface area contributed by atoms with Gasteiger partial charge in [0.25, 0.3) is 5.69 Å². The maximum Gasteiger partial charge on any atom is 0.291 e. The molecule has 0 amide bonds. The SMILES string of the molecule is CC(=O)SCC#Cc1cc([N+](=O)[O-])c(C)nc1Cl. The largest absolute Gasteiger partial charge is 0.291 e. The first-order chi connectivity index (χ1) is 8.41. The highest BCUT2D eigenvalue weighted by molar-refractivity contribution is 8.13. The lowest BCUT2D eigenvalue weighted by Gasteiger charge is -1.99. The van der Waals surface area contributed by atoms with Crippen LogP contribution in [-0.4, -0.2) is 20.8 Å². The first kappa shape index (κ1) is 14.5. The lowest BCUT2D eigenvalue weighted by molar-refractivity contribution is -0.385. The van der Waals surface area contributed by atoms with Crippen molar-refractivity contribution < 1.29 is 9.72 Å². The van der Waals surface area contributed by atoms with Crippen molar-refractivity contribution in [3.63, 3.8) is 0 Å². The van der Waals surface area contributed by atoms with Gasteiger partial charge >= 0.3 is 0 Å². The average molecular weight is 285 g/mol.